The van der Waals surface area contributed by atoms with Gasteiger partial charge in [0.2, 0.25) is 6.33 Å². The molecule has 0 amide bonds. The van der Waals surface area contributed by atoms with Crippen LogP contribution in [-0.4, -0.2) is 4.57 Å². The van der Waals surface area contributed by atoms with Crippen molar-refractivity contribution in [1.29, 1.82) is 5.26 Å². The summed E-state index contributed by atoms with van der Waals surface area (Å²) in [6, 6.07) is 0. The zero-order valence-electron chi connectivity index (χ0n) is 7.40. The van der Waals surface area contributed by atoms with Gasteiger partial charge in [-0.15, -0.1) is 0 Å². The molecule has 0 spiro atoms. The van der Waals surface area contributed by atoms with Crippen molar-refractivity contribution < 1.29 is 4.57 Å². The molecule has 1 heterocycles. The summed E-state index contributed by atoms with van der Waals surface area (Å²) in [5.74, 6) is 0. The fourth-order valence-corrected chi connectivity index (χ4v) is 0.892. The topological polar surface area (TPSA) is 32.6 Å². The Morgan fingerprint density at radius 2 is 2.25 bits per heavy atom. The highest BCUT2D eigenvalue weighted by Gasteiger charge is 1.94. The van der Waals surface area contributed by atoms with E-state index in [4.69, 9.17) is 5.26 Å². The molecule has 0 unspecified atom stereocenters. The van der Waals surface area contributed by atoms with Crippen LogP contribution in [0, 0.1) is 10.7 Å². The highest BCUT2D eigenvalue weighted by Crippen LogP contribution is 1.85. The molecule has 1 aromatic rings. The van der Waals surface area contributed by atoms with Crippen LogP contribution in [0.1, 0.15) is 13.3 Å². The number of imidazole rings is 1. The number of hydrogen-bond donors (Lipinski definition) is 0. The van der Waals surface area contributed by atoms with Gasteiger partial charge < -0.3 is 12.6 Å². The summed E-state index contributed by atoms with van der Waals surface area (Å²) in [6.07, 6.45) is 7.43. The van der Waals surface area contributed by atoms with Gasteiger partial charge in [0.1, 0.15) is 12.4 Å². The lowest BCUT2D eigenvalue weighted by Crippen LogP contribution is -2.23. The smallest absolute Gasteiger partial charge is 0.243 e. The minimum Gasteiger partial charge on any atom is -0.696 e. The molecule has 3 nitrogen and oxygen atoms in total. The Morgan fingerprint density at radius 1 is 1.67 bits per heavy atom. The molecule has 0 saturated carbocycles. The minimum atomic E-state index is 1.13. The number of nitrogens with zero attached hydrogens (tertiary/aromatic N) is 3. The van der Waals surface area contributed by atoms with Crippen molar-refractivity contribution in [2.75, 3.05) is 0 Å². The maximum absolute atomic E-state index is 7.13. The average Bonchev–Trinajstić information content (AvgIpc) is 2.38. The van der Waals surface area contributed by atoms with Crippen LogP contribution in [0.15, 0.2) is 18.7 Å². The standard InChI is InChI=1S/C7H13N2.CHNS/c1-3-4-9-6-5-8(2)7-9;2-1-3/h5-7H,3-4H2,1-2H3;3H/q+1;/p-1. The van der Waals surface area contributed by atoms with Crippen LogP contribution in [-0.2, 0) is 26.2 Å². The summed E-state index contributed by atoms with van der Waals surface area (Å²) in [5.41, 5.74) is 0. The van der Waals surface area contributed by atoms with E-state index >= 15 is 0 Å². The van der Waals surface area contributed by atoms with Crippen molar-refractivity contribution in [2.24, 2.45) is 7.05 Å². The molecule has 12 heavy (non-hydrogen) atoms. The van der Waals surface area contributed by atoms with Crippen molar-refractivity contribution in [3.63, 3.8) is 0 Å². The zero-order chi connectivity index (χ0) is 9.40. The van der Waals surface area contributed by atoms with Crippen molar-refractivity contribution in [2.45, 2.75) is 19.9 Å². The lowest BCUT2D eigenvalue weighted by Gasteiger charge is -1.86. The summed E-state index contributed by atoms with van der Waals surface area (Å²) in [5, 5.41) is 8.47. The molecule has 0 radical (unpaired) electrons. The summed E-state index contributed by atoms with van der Waals surface area (Å²) < 4.78 is 4.23. The van der Waals surface area contributed by atoms with E-state index in [1.54, 1.807) is 0 Å². The van der Waals surface area contributed by atoms with E-state index in [1.165, 1.54) is 11.8 Å². The van der Waals surface area contributed by atoms with Gasteiger partial charge in [-0.05, 0) is 6.42 Å². The van der Waals surface area contributed by atoms with Crippen LogP contribution >= 0.6 is 0 Å². The number of aryl methyl sites for hydroxylation is 2. The lowest BCUT2D eigenvalue weighted by molar-refractivity contribution is -0.671. The Morgan fingerprint density at radius 3 is 2.58 bits per heavy atom. The molecule has 1 rings (SSSR count). The maximum atomic E-state index is 7.13. The van der Waals surface area contributed by atoms with Crippen molar-refractivity contribution in [3.8, 4) is 5.40 Å². The number of nitriles is 1. The van der Waals surface area contributed by atoms with Crippen LogP contribution in [0.3, 0.4) is 0 Å². The van der Waals surface area contributed by atoms with E-state index in [0.29, 0.717) is 0 Å². The SMILES string of the molecule is CCCn1cc[n+](C)c1.N#C[S-]. The Bertz CT molecular complexity index is 249. The maximum Gasteiger partial charge on any atom is 0.243 e. The van der Waals surface area contributed by atoms with Gasteiger partial charge in [-0.25, -0.2) is 14.4 Å². The molecule has 0 aliphatic carbocycles. The van der Waals surface area contributed by atoms with Crippen molar-refractivity contribution in [1.82, 2.24) is 4.57 Å². The van der Waals surface area contributed by atoms with E-state index < -0.39 is 0 Å². The summed E-state index contributed by atoms with van der Waals surface area (Å²) in [7, 11) is 2.03. The second-order valence-electron chi connectivity index (χ2n) is 2.41. The number of rotatable bonds is 2. The average molecular weight is 183 g/mol. The van der Waals surface area contributed by atoms with Crippen LogP contribution in [0.4, 0.5) is 0 Å². The van der Waals surface area contributed by atoms with Gasteiger partial charge in [0.15, 0.2) is 0 Å². The second kappa shape index (κ2) is 6.62. The molecule has 0 fully saturated rings. The first-order valence-corrected chi connectivity index (χ1v) is 4.17. The Balaban J connectivity index is 0.000000354. The van der Waals surface area contributed by atoms with Gasteiger partial charge in [0, 0.05) is 0 Å². The normalized spacial score (nSPS) is 8.08. The first kappa shape index (κ1) is 10.9. The molecule has 1 aromatic heterocycles. The fraction of sp³-hybridized carbons (Fsp3) is 0.500. The summed E-state index contributed by atoms with van der Waals surface area (Å²) >= 11 is 3.70. The predicted molar refractivity (Wildman–Crippen MR) is 48.9 cm³/mol. The van der Waals surface area contributed by atoms with Crippen molar-refractivity contribution >= 4 is 12.6 Å². The Labute approximate surface area is 78.7 Å². The third kappa shape index (κ3) is 4.69. The van der Waals surface area contributed by atoms with E-state index in [1.807, 2.05) is 7.05 Å². The Kier molecular flexibility index (Phi) is 6.02. The molecule has 0 saturated heterocycles. The van der Waals surface area contributed by atoms with Gasteiger partial charge >= 0.3 is 0 Å². The van der Waals surface area contributed by atoms with Crippen LogP contribution < -0.4 is 4.57 Å². The van der Waals surface area contributed by atoms with Gasteiger partial charge in [-0.3, -0.25) is 0 Å². The largest absolute Gasteiger partial charge is 0.696 e. The van der Waals surface area contributed by atoms with Gasteiger partial charge in [0.25, 0.3) is 0 Å². The molecule has 0 atom stereocenters. The monoisotopic (exact) mass is 183 g/mol. The molecule has 4 heteroatoms. The molecule has 0 aliphatic heterocycles. The van der Waals surface area contributed by atoms with Crippen molar-refractivity contribution in [3.05, 3.63) is 18.7 Å². The zero-order valence-corrected chi connectivity index (χ0v) is 8.21. The molecule has 66 valence electrons. The first-order valence-electron chi connectivity index (χ1n) is 3.76. The van der Waals surface area contributed by atoms with Gasteiger partial charge in [0.05, 0.1) is 13.6 Å². The molecule has 0 aromatic carbocycles. The minimum absolute atomic E-state index is 1.13. The predicted octanol–water partition coefficient (Wildman–Crippen LogP) is 0.737. The fourth-order valence-electron chi connectivity index (χ4n) is 0.892. The Hall–Kier alpha value is -1.08. The van der Waals surface area contributed by atoms with Gasteiger partial charge in [-0.1, -0.05) is 12.3 Å². The summed E-state index contributed by atoms with van der Waals surface area (Å²) in [6.45, 7) is 3.31. The number of hydrogen-bond acceptors (Lipinski definition) is 2. The number of aromatic nitrogens is 2. The third-order valence-corrected chi connectivity index (χ3v) is 1.31. The van der Waals surface area contributed by atoms with Crippen LogP contribution in [0.25, 0.3) is 0 Å². The molecule has 0 aliphatic rings. The highest BCUT2D eigenvalue weighted by molar-refractivity contribution is 7.64. The van der Waals surface area contributed by atoms with Crippen LogP contribution in [0.5, 0.6) is 0 Å². The van der Waals surface area contributed by atoms with E-state index in [0.717, 1.165) is 6.54 Å². The molecular weight excluding hydrogens is 170 g/mol. The lowest BCUT2D eigenvalue weighted by atomic mass is 10.5. The summed E-state index contributed by atoms with van der Waals surface area (Å²) in [4.78, 5) is 0. The van der Waals surface area contributed by atoms with Crippen LogP contribution in [0.2, 0.25) is 0 Å². The molecule has 0 bridgehead atoms. The first-order chi connectivity index (χ1) is 5.74. The van der Waals surface area contributed by atoms with E-state index in [-0.39, 0.29) is 0 Å². The van der Waals surface area contributed by atoms with E-state index in [9.17, 15) is 0 Å². The highest BCUT2D eigenvalue weighted by atomic mass is 32.1. The molecular formula is C8H13N3S. The van der Waals surface area contributed by atoms with Gasteiger partial charge in [-0.2, -0.15) is 0 Å². The quantitative estimate of drug-likeness (QED) is 0.385. The van der Waals surface area contributed by atoms with E-state index in [2.05, 4.69) is 47.4 Å². The second-order valence-corrected chi connectivity index (χ2v) is 2.59. The third-order valence-electron chi connectivity index (χ3n) is 1.31. The molecule has 0 N–H and O–H groups in total. The number of thiocyanates is 1.